The molecule has 20 heavy (non-hydrogen) atoms. The molecule has 2 aliphatic rings. The Kier molecular flexibility index (Phi) is 4.80. The SMILES string of the molecule is CC1CN(C(=O)N2CCSCC2C(=O)O)CC1N(C)C. The number of aliphatic carboxylic acids is 1. The molecule has 2 saturated heterocycles. The molecule has 0 aromatic rings. The van der Waals surface area contributed by atoms with Crippen LogP contribution in [0.4, 0.5) is 4.79 Å². The zero-order valence-electron chi connectivity index (χ0n) is 12.3. The van der Waals surface area contributed by atoms with Crippen molar-refractivity contribution in [2.24, 2.45) is 5.92 Å². The smallest absolute Gasteiger partial charge is 0.327 e. The first kappa shape index (κ1) is 15.4. The number of rotatable bonds is 2. The van der Waals surface area contributed by atoms with E-state index in [4.69, 9.17) is 0 Å². The average Bonchev–Trinajstić information content (AvgIpc) is 2.80. The van der Waals surface area contributed by atoms with Crippen molar-refractivity contribution in [3.05, 3.63) is 0 Å². The van der Waals surface area contributed by atoms with E-state index in [1.807, 2.05) is 14.1 Å². The molecule has 7 heteroatoms. The lowest BCUT2D eigenvalue weighted by atomic mass is 10.1. The van der Waals surface area contributed by atoms with Crippen LogP contribution in [0.25, 0.3) is 0 Å². The summed E-state index contributed by atoms with van der Waals surface area (Å²) in [5.74, 6) is 0.816. The molecule has 0 saturated carbocycles. The Balaban J connectivity index is 2.05. The molecule has 0 radical (unpaired) electrons. The Hall–Kier alpha value is -0.950. The van der Waals surface area contributed by atoms with E-state index in [1.165, 1.54) is 4.90 Å². The maximum absolute atomic E-state index is 12.6. The van der Waals surface area contributed by atoms with E-state index in [1.54, 1.807) is 16.7 Å². The van der Waals surface area contributed by atoms with Crippen LogP contribution in [0.1, 0.15) is 6.92 Å². The molecule has 0 aliphatic carbocycles. The van der Waals surface area contributed by atoms with E-state index in [9.17, 15) is 14.7 Å². The fourth-order valence-electron chi connectivity index (χ4n) is 3.00. The fraction of sp³-hybridized carbons (Fsp3) is 0.846. The lowest BCUT2D eigenvalue weighted by Crippen LogP contribution is -2.54. The van der Waals surface area contributed by atoms with Gasteiger partial charge >= 0.3 is 12.0 Å². The second kappa shape index (κ2) is 6.22. The number of amides is 2. The van der Waals surface area contributed by atoms with Crippen LogP contribution < -0.4 is 0 Å². The number of hydrogen-bond donors (Lipinski definition) is 1. The molecule has 2 rings (SSSR count). The van der Waals surface area contributed by atoms with Crippen molar-refractivity contribution in [2.75, 3.05) is 45.2 Å². The predicted octanol–water partition coefficient (Wildman–Crippen LogP) is 0.490. The highest BCUT2D eigenvalue weighted by Crippen LogP contribution is 2.24. The molecule has 0 bridgehead atoms. The van der Waals surface area contributed by atoms with Gasteiger partial charge in [-0.25, -0.2) is 9.59 Å². The molecule has 0 aromatic carbocycles. The van der Waals surface area contributed by atoms with Gasteiger partial charge in [0.05, 0.1) is 0 Å². The Bertz CT molecular complexity index is 391. The van der Waals surface area contributed by atoms with Crippen molar-refractivity contribution < 1.29 is 14.7 Å². The first-order chi connectivity index (χ1) is 9.41. The monoisotopic (exact) mass is 301 g/mol. The Labute approximate surface area is 124 Å². The van der Waals surface area contributed by atoms with Crippen LogP contribution in [-0.4, -0.2) is 89.1 Å². The second-order valence-electron chi connectivity index (χ2n) is 5.82. The minimum atomic E-state index is -0.901. The number of urea groups is 1. The molecule has 3 atom stereocenters. The molecule has 2 aliphatic heterocycles. The molecule has 2 amide bonds. The lowest BCUT2D eigenvalue weighted by molar-refractivity contribution is -0.141. The summed E-state index contributed by atoms with van der Waals surface area (Å²) >= 11 is 1.60. The molecule has 3 unspecified atom stereocenters. The first-order valence-electron chi connectivity index (χ1n) is 6.94. The van der Waals surface area contributed by atoms with Crippen LogP contribution in [0.2, 0.25) is 0 Å². The molecule has 0 spiro atoms. The largest absolute Gasteiger partial charge is 0.480 e. The summed E-state index contributed by atoms with van der Waals surface area (Å²) in [6.45, 7) is 4.05. The number of hydrogen-bond acceptors (Lipinski definition) is 4. The zero-order valence-corrected chi connectivity index (χ0v) is 13.1. The minimum absolute atomic E-state index is 0.117. The van der Waals surface area contributed by atoms with Gasteiger partial charge in [0.15, 0.2) is 0 Å². The van der Waals surface area contributed by atoms with E-state index in [-0.39, 0.29) is 6.03 Å². The van der Waals surface area contributed by atoms with Crippen molar-refractivity contribution >= 4 is 23.8 Å². The van der Waals surface area contributed by atoms with Gasteiger partial charge in [-0.15, -0.1) is 0 Å². The first-order valence-corrected chi connectivity index (χ1v) is 8.09. The number of nitrogens with zero attached hydrogens (tertiary/aromatic N) is 3. The second-order valence-corrected chi connectivity index (χ2v) is 6.97. The van der Waals surface area contributed by atoms with Gasteiger partial charge in [-0.2, -0.15) is 11.8 Å². The van der Waals surface area contributed by atoms with Gasteiger partial charge in [-0.05, 0) is 20.0 Å². The van der Waals surface area contributed by atoms with E-state index in [0.717, 1.165) is 5.75 Å². The number of thioether (sulfide) groups is 1. The van der Waals surface area contributed by atoms with E-state index < -0.39 is 12.0 Å². The summed E-state index contributed by atoms with van der Waals surface area (Å²) in [7, 11) is 4.04. The van der Waals surface area contributed by atoms with Crippen molar-refractivity contribution in [3.63, 3.8) is 0 Å². The summed E-state index contributed by atoms with van der Waals surface area (Å²) in [6.07, 6.45) is 0. The Morgan fingerprint density at radius 3 is 2.55 bits per heavy atom. The van der Waals surface area contributed by atoms with Crippen LogP contribution in [0.5, 0.6) is 0 Å². The van der Waals surface area contributed by atoms with E-state index in [0.29, 0.717) is 37.3 Å². The molecule has 2 fully saturated rings. The quantitative estimate of drug-likeness (QED) is 0.804. The third-order valence-corrected chi connectivity index (χ3v) is 5.19. The van der Waals surface area contributed by atoms with Gasteiger partial charge in [0.2, 0.25) is 0 Å². The van der Waals surface area contributed by atoms with E-state index in [2.05, 4.69) is 11.8 Å². The summed E-state index contributed by atoms with van der Waals surface area (Å²) in [4.78, 5) is 29.4. The number of carbonyl (C=O) groups is 2. The van der Waals surface area contributed by atoms with Gasteiger partial charge in [-0.3, -0.25) is 0 Å². The summed E-state index contributed by atoms with van der Waals surface area (Å²) in [6, 6.07) is -0.453. The molecular formula is C13H23N3O3S. The Morgan fingerprint density at radius 1 is 1.30 bits per heavy atom. The van der Waals surface area contributed by atoms with Crippen molar-refractivity contribution in [3.8, 4) is 0 Å². The van der Waals surface area contributed by atoms with Crippen molar-refractivity contribution in [1.82, 2.24) is 14.7 Å². The number of carboxylic acids is 1. The predicted molar refractivity (Wildman–Crippen MR) is 79.1 cm³/mol. The fourth-order valence-corrected chi connectivity index (χ4v) is 4.04. The number of carboxylic acid groups (broad SMARTS) is 1. The number of likely N-dealkylation sites (tertiary alicyclic amines) is 1. The maximum Gasteiger partial charge on any atom is 0.327 e. The van der Waals surface area contributed by atoms with E-state index >= 15 is 0 Å². The summed E-state index contributed by atoms with van der Waals surface area (Å²) in [5, 5.41) is 9.26. The highest BCUT2D eigenvalue weighted by Gasteiger charge is 2.39. The van der Waals surface area contributed by atoms with Crippen LogP contribution in [0, 0.1) is 5.92 Å². The minimum Gasteiger partial charge on any atom is -0.480 e. The highest BCUT2D eigenvalue weighted by molar-refractivity contribution is 7.99. The zero-order chi connectivity index (χ0) is 14.9. The van der Waals surface area contributed by atoms with Gasteiger partial charge < -0.3 is 19.8 Å². The number of likely N-dealkylation sites (N-methyl/N-ethyl adjacent to an activating group) is 1. The normalized spacial score (nSPS) is 30.9. The third kappa shape index (κ3) is 3.03. The van der Waals surface area contributed by atoms with Gasteiger partial charge in [0.25, 0.3) is 0 Å². The molecule has 2 heterocycles. The average molecular weight is 301 g/mol. The highest BCUT2D eigenvalue weighted by atomic mass is 32.2. The molecular weight excluding hydrogens is 278 g/mol. The van der Waals surface area contributed by atoms with Crippen molar-refractivity contribution in [1.29, 1.82) is 0 Å². The molecule has 114 valence electrons. The van der Waals surface area contributed by atoms with Crippen molar-refractivity contribution in [2.45, 2.75) is 19.0 Å². The topological polar surface area (TPSA) is 64.1 Å². The van der Waals surface area contributed by atoms with Crippen LogP contribution in [-0.2, 0) is 4.79 Å². The Morgan fingerprint density at radius 2 is 2.00 bits per heavy atom. The summed E-state index contributed by atoms with van der Waals surface area (Å²) in [5.41, 5.74) is 0. The maximum atomic E-state index is 12.6. The lowest BCUT2D eigenvalue weighted by Gasteiger charge is -2.35. The summed E-state index contributed by atoms with van der Waals surface area (Å²) < 4.78 is 0. The number of carbonyl (C=O) groups excluding carboxylic acids is 1. The van der Waals surface area contributed by atoms with Gasteiger partial charge in [-0.1, -0.05) is 6.92 Å². The van der Waals surface area contributed by atoms with Crippen LogP contribution in [0.3, 0.4) is 0 Å². The molecule has 6 nitrogen and oxygen atoms in total. The standard InChI is InChI=1S/C13H23N3O3S/c1-9-6-15(7-10(9)14(2)3)13(19)16-4-5-20-8-11(16)12(17)18/h9-11H,4-8H2,1-3H3,(H,17,18). The van der Waals surface area contributed by atoms with Crippen LogP contribution in [0.15, 0.2) is 0 Å². The van der Waals surface area contributed by atoms with Gasteiger partial charge in [0, 0.05) is 37.2 Å². The van der Waals surface area contributed by atoms with Gasteiger partial charge in [0.1, 0.15) is 6.04 Å². The molecule has 0 aromatic heterocycles. The van der Waals surface area contributed by atoms with Crippen LogP contribution >= 0.6 is 11.8 Å². The third-order valence-electron chi connectivity index (χ3n) is 4.17. The molecule has 1 N–H and O–H groups in total.